The van der Waals surface area contributed by atoms with Gasteiger partial charge in [0.2, 0.25) is 0 Å². The lowest BCUT2D eigenvalue weighted by Gasteiger charge is -2.19. The van der Waals surface area contributed by atoms with Crippen molar-refractivity contribution in [2.75, 3.05) is 19.8 Å². The second-order valence-electron chi connectivity index (χ2n) is 3.40. The van der Waals surface area contributed by atoms with E-state index in [2.05, 4.69) is 23.5 Å². The summed E-state index contributed by atoms with van der Waals surface area (Å²) in [5.41, 5.74) is 0. The number of nitrogens with zero attached hydrogens (tertiary/aromatic N) is 2. The monoisotopic (exact) mass is 237 g/mol. The fourth-order valence-electron chi connectivity index (χ4n) is 1.37. The van der Waals surface area contributed by atoms with Crippen LogP contribution in [0.3, 0.4) is 0 Å². The van der Waals surface area contributed by atoms with Crippen LogP contribution < -0.4 is 5.32 Å². The molecule has 2 fully saturated rings. The first kappa shape index (κ1) is 11.2. The van der Waals surface area contributed by atoms with Crippen molar-refractivity contribution in [2.24, 2.45) is 4.99 Å². The Bertz CT molecular complexity index is 441. The number of carbonyl (C=O) groups excluding carboxylic acids is 2. The van der Waals surface area contributed by atoms with Crippen molar-refractivity contribution < 1.29 is 19.1 Å². The van der Waals surface area contributed by atoms with Gasteiger partial charge in [-0.2, -0.15) is 0 Å². The van der Waals surface area contributed by atoms with Crippen LogP contribution in [0.2, 0.25) is 0 Å². The Kier molecular flexibility index (Phi) is 2.82. The third kappa shape index (κ3) is 2.27. The molecule has 0 spiro atoms. The van der Waals surface area contributed by atoms with Crippen molar-refractivity contribution in [3.8, 4) is 0 Å². The van der Waals surface area contributed by atoms with E-state index in [-0.39, 0.29) is 29.9 Å². The van der Waals surface area contributed by atoms with E-state index >= 15 is 0 Å². The molecule has 2 amide bonds. The molecule has 0 aromatic carbocycles. The highest BCUT2D eigenvalue weighted by Gasteiger charge is 2.26. The predicted molar refractivity (Wildman–Crippen MR) is 57.9 cm³/mol. The van der Waals surface area contributed by atoms with Gasteiger partial charge in [0.1, 0.15) is 12.4 Å². The zero-order valence-electron chi connectivity index (χ0n) is 9.06. The van der Waals surface area contributed by atoms with Gasteiger partial charge in [-0.3, -0.25) is 9.69 Å². The van der Waals surface area contributed by atoms with Crippen LogP contribution in [0.4, 0.5) is 4.79 Å². The molecule has 0 aromatic rings. The van der Waals surface area contributed by atoms with Crippen molar-refractivity contribution in [1.82, 2.24) is 10.2 Å². The number of aliphatic imine (C=N–C) groups is 1. The van der Waals surface area contributed by atoms with Gasteiger partial charge >= 0.3 is 6.09 Å². The first-order valence-corrected chi connectivity index (χ1v) is 4.92. The molecule has 0 bridgehead atoms. The van der Waals surface area contributed by atoms with Crippen molar-refractivity contribution in [2.45, 2.75) is 0 Å². The van der Waals surface area contributed by atoms with E-state index in [1.165, 1.54) is 4.90 Å². The smallest absolute Gasteiger partial charge is 0.415 e. The average Bonchev–Trinajstić information content (AvgIpc) is 2.70. The number of morpholine rings is 1. The lowest BCUT2D eigenvalue weighted by molar-refractivity contribution is -0.123. The fraction of sp³-hybridized carbons (Fsp3) is 0.300. The average molecular weight is 237 g/mol. The molecule has 2 heterocycles. The summed E-state index contributed by atoms with van der Waals surface area (Å²) in [7, 11) is 0. The minimum atomic E-state index is -0.506. The van der Waals surface area contributed by atoms with Crippen LogP contribution in [0.1, 0.15) is 0 Å². The van der Waals surface area contributed by atoms with Gasteiger partial charge in [-0.25, -0.2) is 9.79 Å². The number of carbonyl (C=O) groups is 2. The molecule has 0 aliphatic carbocycles. The maximum Gasteiger partial charge on any atom is 0.415 e. The van der Waals surface area contributed by atoms with Gasteiger partial charge in [-0.05, 0) is 0 Å². The Labute approximate surface area is 97.4 Å². The Morgan fingerprint density at radius 2 is 2.18 bits per heavy atom. The standard InChI is InChI=1S/C10H11N3O4/c1-6-9(12-8(14)5-17-6)11-7(2)13-3-4-16-10(13)15/h1-5H2,(H,11,12,14). The van der Waals surface area contributed by atoms with Gasteiger partial charge in [0.05, 0.1) is 6.54 Å². The zero-order valence-corrected chi connectivity index (χ0v) is 9.06. The molecular weight excluding hydrogens is 226 g/mol. The molecule has 90 valence electrons. The van der Waals surface area contributed by atoms with Gasteiger partial charge in [0.25, 0.3) is 5.91 Å². The maximum atomic E-state index is 11.2. The van der Waals surface area contributed by atoms with E-state index in [0.717, 1.165) is 0 Å². The van der Waals surface area contributed by atoms with Gasteiger partial charge in [0.15, 0.2) is 18.2 Å². The van der Waals surface area contributed by atoms with Gasteiger partial charge in [-0.1, -0.05) is 13.2 Å². The third-order valence-electron chi connectivity index (χ3n) is 2.21. The summed E-state index contributed by atoms with van der Waals surface area (Å²) in [5.74, 6) is 0.242. The van der Waals surface area contributed by atoms with Gasteiger partial charge in [0, 0.05) is 0 Å². The van der Waals surface area contributed by atoms with Crippen LogP contribution in [0.5, 0.6) is 0 Å². The van der Waals surface area contributed by atoms with Crippen molar-refractivity contribution >= 4 is 17.8 Å². The molecule has 1 N–H and O–H groups in total. The molecule has 7 heteroatoms. The first-order valence-electron chi connectivity index (χ1n) is 4.92. The third-order valence-corrected chi connectivity index (χ3v) is 2.21. The summed E-state index contributed by atoms with van der Waals surface area (Å²) in [6.45, 7) is 7.81. The first-order chi connectivity index (χ1) is 8.08. The summed E-state index contributed by atoms with van der Waals surface area (Å²) in [4.78, 5) is 27.6. The topological polar surface area (TPSA) is 80.2 Å². The summed E-state index contributed by atoms with van der Waals surface area (Å²) >= 11 is 0. The normalized spacial score (nSPS) is 22.2. The van der Waals surface area contributed by atoms with Crippen molar-refractivity contribution in [1.29, 1.82) is 0 Å². The molecule has 0 saturated carbocycles. The van der Waals surface area contributed by atoms with Crippen LogP contribution in [0.25, 0.3) is 0 Å². The Morgan fingerprint density at radius 3 is 2.82 bits per heavy atom. The van der Waals surface area contributed by atoms with Crippen LogP contribution in [0, 0.1) is 0 Å². The molecule has 17 heavy (non-hydrogen) atoms. The lowest BCUT2D eigenvalue weighted by atomic mass is 10.4. The molecule has 2 aliphatic heterocycles. The number of rotatable bonds is 2. The molecule has 2 saturated heterocycles. The number of hydrogen-bond acceptors (Lipinski definition) is 5. The van der Waals surface area contributed by atoms with E-state index in [0.29, 0.717) is 13.2 Å². The number of nitrogens with one attached hydrogen (secondary N) is 1. The highest BCUT2D eigenvalue weighted by Crippen LogP contribution is 2.13. The summed E-state index contributed by atoms with van der Waals surface area (Å²) in [6.07, 6.45) is -0.506. The van der Waals surface area contributed by atoms with Crippen LogP contribution >= 0.6 is 0 Å². The number of amides is 2. The van der Waals surface area contributed by atoms with E-state index in [4.69, 9.17) is 9.47 Å². The SMILES string of the molecule is C=C1OCC(=O)N/C1=N/C(=C)N1CCOC1=O. The number of ether oxygens (including phenoxy) is 2. The highest BCUT2D eigenvalue weighted by atomic mass is 16.6. The molecular formula is C10H11N3O4. The minimum Gasteiger partial charge on any atom is -0.481 e. The summed E-state index contributed by atoms with van der Waals surface area (Å²) < 4.78 is 9.72. The molecule has 0 aromatic heterocycles. The van der Waals surface area contributed by atoms with Gasteiger partial charge < -0.3 is 14.8 Å². The Morgan fingerprint density at radius 1 is 1.41 bits per heavy atom. The largest absolute Gasteiger partial charge is 0.481 e. The number of amidine groups is 1. The molecule has 0 atom stereocenters. The molecule has 7 nitrogen and oxygen atoms in total. The van der Waals surface area contributed by atoms with E-state index in [9.17, 15) is 9.59 Å². The van der Waals surface area contributed by atoms with Crippen LogP contribution in [-0.2, 0) is 14.3 Å². The van der Waals surface area contributed by atoms with Crippen LogP contribution in [0.15, 0.2) is 29.7 Å². The summed E-state index contributed by atoms with van der Waals surface area (Å²) in [6, 6.07) is 0. The van der Waals surface area contributed by atoms with Gasteiger partial charge in [-0.15, -0.1) is 0 Å². The molecule has 0 unspecified atom stereocenters. The maximum absolute atomic E-state index is 11.2. The van der Waals surface area contributed by atoms with Crippen molar-refractivity contribution in [3.63, 3.8) is 0 Å². The summed E-state index contributed by atoms with van der Waals surface area (Å²) in [5, 5.41) is 2.48. The molecule has 2 rings (SSSR count). The Hall–Kier alpha value is -2.31. The second-order valence-corrected chi connectivity index (χ2v) is 3.40. The molecule has 0 radical (unpaired) electrons. The predicted octanol–water partition coefficient (Wildman–Crippen LogP) is -0.0316. The fourth-order valence-corrected chi connectivity index (χ4v) is 1.37. The quantitative estimate of drug-likeness (QED) is 0.731. The molecule has 2 aliphatic rings. The highest BCUT2D eigenvalue weighted by molar-refractivity contribution is 6.09. The minimum absolute atomic E-state index is 0.0872. The second kappa shape index (κ2) is 4.28. The van der Waals surface area contributed by atoms with E-state index < -0.39 is 6.09 Å². The van der Waals surface area contributed by atoms with E-state index in [1.807, 2.05) is 0 Å². The van der Waals surface area contributed by atoms with Crippen LogP contribution in [-0.4, -0.2) is 42.5 Å². The number of hydrogen-bond donors (Lipinski definition) is 1. The zero-order chi connectivity index (χ0) is 12.4. The number of cyclic esters (lactones) is 1. The van der Waals surface area contributed by atoms with Crippen molar-refractivity contribution in [3.05, 3.63) is 24.7 Å². The lowest BCUT2D eigenvalue weighted by Crippen LogP contribution is -2.40. The van der Waals surface area contributed by atoms with E-state index in [1.54, 1.807) is 0 Å². The Balaban J connectivity index is 2.12.